The second kappa shape index (κ2) is 12.5. The number of fused-ring (bicyclic) bond motifs is 6. The highest BCUT2D eigenvalue weighted by Crippen LogP contribution is 2.42. The van der Waals surface area contributed by atoms with Crippen LogP contribution in [0.4, 0.5) is 14.6 Å². The number of methoxy groups -OCH3 is 1. The monoisotopic (exact) mass is 643 g/mol. The van der Waals surface area contributed by atoms with Crippen molar-refractivity contribution in [2.45, 2.75) is 88.6 Å². The molecule has 3 aromatic carbocycles. The number of anilines is 1. The van der Waals surface area contributed by atoms with Crippen molar-refractivity contribution < 1.29 is 23.4 Å². The minimum absolute atomic E-state index is 0.000735. The van der Waals surface area contributed by atoms with Crippen LogP contribution < -0.4 is 15.0 Å². The molecule has 4 bridgehead atoms. The number of hydrogen-bond donors (Lipinski definition) is 2. The van der Waals surface area contributed by atoms with Crippen LogP contribution >= 0.6 is 0 Å². The van der Waals surface area contributed by atoms with Gasteiger partial charge in [-0.25, -0.2) is 8.78 Å². The molecule has 2 N–H and O–H groups in total. The molecule has 8 nitrogen and oxygen atoms in total. The number of nitrogens with one attached hydrogen (secondary N) is 1. The zero-order valence-corrected chi connectivity index (χ0v) is 27.1. The second-order valence-corrected chi connectivity index (χ2v) is 13.9. The van der Waals surface area contributed by atoms with Gasteiger partial charge in [0.15, 0.2) is 5.82 Å². The first-order chi connectivity index (χ1) is 22.9. The minimum atomic E-state index is -0.794. The highest BCUT2D eigenvalue weighted by atomic mass is 19.1. The third-order valence-corrected chi connectivity index (χ3v) is 11.0. The Balaban J connectivity index is 1.21. The maximum absolute atomic E-state index is 16.9. The lowest BCUT2D eigenvalue weighted by Crippen LogP contribution is -2.51. The van der Waals surface area contributed by atoms with Crippen LogP contribution in [-0.2, 0) is 11.2 Å². The van der Waals surface area contributed by atoms with Crippen molar-refractivity contribution in [3.63, 3.8) is 0 Å². The number of aromatic hydroxyl groups is 1. The molecular formula is C37H43F2N5O3. The Morgan fingerprint density at radius 1 is 1.00 bits per heavy atom. The van der Waals surface area contributed by atoms with E-state index in [0.717, 1.165) is 30.3 Å². The molecule has 0 radical (unpaired) electrons. The highest BCUT2D eigenvalue weighted by molar-refractivity contribution is 6.03. The van der Waals surface area contributed by atoms with Crippen molar-refractivity contribution in [3.8, 4) is 22.9 Å². The van der Waals surface area contributed by atoms with Gasteiger partial charge in [-0.05, 0) is 85.0 Å². The molecule has 4 saturated heterocycles. The quantitative estimate of drug-likeness (QED) is 0.219. The highest BCUT2D eigenvalue weighted by Gasteiger charge is 2.38. The van der Waals surface area contributed by atoms with Gasteiger partial charge in [0.1, 0.15) is 35.6 Å². The first-order valence-electron chi connectivity index (χ1n) is 17.3. The van der Waals surface area contributed by atoms with Crippen molar-refractivity contribution in [2.75, 3.05) is 38.3 Å². The minimum Gasteiger partial charge on any atom is -0.508 e. The molecule has 4 aliphatic heterocycles. The van der Waals surface area contributed by atoms with E-state index in [-0.39, 0.29) is 35.6 Å². The van der Waals surface area contributed by atoms with E-state index in [1.807, 2.05) is 25.1 Å². The predicted molar refractivity (Wildman–Crippen MR) is 179 cm³/mol. The summed E-state index contributed by atoms with van der Waals surface area (Å²) in [5.41, 5.74) is 1.02. The van der Waals surface area contributed by atoms with E-state index in [0.29, 0.717) is 65.8 Å². The number of benzene rings is 3. The van der Waals surface area contributed by atoms with E-state index in [9.17, 15) is 5.11 Å². The number of aromatic nitrogens is 2. The van der Waals surface area contributed by atoms with Crippen LogP contribution in [0.2, 0.25) is 0 Å². The van der Waals surface area contributed by atoms with E-state index < -0.39 is 11.6 Å². The largest absolute Gasteiger partial charge is 0.508 e. The number of piperazine rings is 1. The second-order valence-electron chi connectivity index (χ2n) is 13.9. The summed E-state index contributed by atoms with van der Waals surface area (Å²) < 4.78 is 45.4. The summed E-state index contributed by atoms with van der Waals surface area (Å²) in [4.78, 5) is 14.1. The summed E-state index contributed by atoms with van der Waals surface area (Å²) in [6.45, 7) is 4.36. The molecule has 248 valence electrons. The van der Waals surface area contributed by atoms with Crippen LogP contribution in [-0.4, -0.2) is 83.6 Å². The molecule has 10 heteroatoms. The molecule has 8 rings (SSSR count). The molecule has 0 saturated carbocycles. The maximum atomic E-state index is 16.9. The van der Waals surface area contributed by atoms with Crippen molar-refractivity contribution in [1.82, 2.24) is 20.2 Å². The zero-order valence-electron chi connectivity index (χ0n) is 27.1. The van der Waals surface area contributed by atoms with Gasteiger partial charge in [-0.1, -0.05) is 31.5 Å². The number of hydrogen-bond acceptors (Lipinski definition) is 8. The predicted octanol–water partition coefficient (Wildman–Crippen LogP) is 6.35. The van der Waals surface area contributed by atoms with E-state index in [1.165, 1.54) is 44.2 Å². The molecule has 3 unspecified atom stereocenters. The Kier molecular flexibility index (Phi) is 8.14. The molecule has 1 aromatic heterocycles. The molecule has 5 atom stereocenters. The third-order valence-electron chi connectivity index (χ3n) is 11.0. The summed E-state index contributed by atoms with van der Waals surface area (Å²) in [6.07, 6.45) is 8.78. The third kappa shape index (κ3) is 5.58. The summed E-state index contributed by atoms with van der Waals surface area (Å²) in [6, 6.07) is 11.9. The van der Waals surface area contributed by atoms with Gasteiger partial charge in [-0.15, -0.1) is 0 Å². The Bertz CT molecular complexity index is 1790. The Labute approximate surface area is 274 Å². The van der Waals surface area contributed by atoms with Gasteiger partial charge < -0.3 is 24.8 Å². The van der Waals surface area contributed by atoms with Crippen molar-refractivity contribution in [3.05, 3.63) is 53.6 Å². The number of rotatable bonds is 9. The fourth-order valence-electron chi connectivity index (χ4n) is 8.78. The van der Waals surface area contributed by atoms with E-state index in [1.54, 1.807) is 13.2 Å². The average molecular weight is 644 g/mol. The van der Waals surface area contributed by atoms with E-state index in [2.05, 4.69) is 20.1 Å². The summed E-state index contributed by atoms with van der Waals surface area (Å²) in [7, 11) is 1.70. The van der Waals surface area contributed by atoms with Gasteiger partial charge in [-0.2, -0.15) is 9.97 Å². The fourth-order valence-corrected chi connectivity index (χ4v) is 8.78. The van der Waals surface area contributed by atoms with Crippen LogP contribution in [0.5, 0.6) is 11.8 Å². The van der Waals surface area contributed by atoms with Gasteiger partial charge in [0, 0.05) is 56.3 Å². The van der Waals surface area contributed by atoms with E-state index >= 15 is 8.78 Å². The standard InChI is InChI=1S/C37H43F2N5O3/c1-3-21-6-4-7-22-14-27(45)15-29(32(21)22)33-31(38)16-30-35(34(33)39)41-37(42-36(30)43-17-23-10-11-24(18-43)40-23)47-20-28(46-2)19-44-25-8-5-9-26(44)13-12-25/h4,6-7,14-16,23-26,28,40,45H,3,5,8-13,17-20H2,1-2H3/t23?,24?,25-,26?,28-/m1/s1. The van der Waals surface area contributed by atoms with Crippen molar-refractivity contribution in [2.24, 2.45) is 0 Å². The van der Waals surface area contributed by atoms with E-state index in [4.69, 9.17) is 14.5 Å². The average Bonchev–Trinajstić information content (AvgIpc) is 3.51. The molecule has 4 fully saturated rings. The fraction of sp³-hybridized carbons (Fsp3) is 0.514. The normalized spacial score (nSPS) is 24.8. The number of piperidine rings is 1. The number of halogens is 2. The van der Waals surface area contributed by atoms with Gasteiger partial charge >= 0.3 is 6.01 Å². The molecular weight excluding hydrogens is 600 g/mol. The number of phenols is 1. The number of ether oxygens (including phenoxy) is 2. The number of aryl methyl sites for hydroxylation is 1. The molecule has 4 aliphatic rings. The van der Waals surface area contributed by atoms with Gasteiger partial charge in [0.05, 0.1) is 5.56 Å². The van der Waals surface area contributed by atoms with Crippen LogP contribution in [0.15, 0.2) is 36.4 Å². The van der Waals surface area contributed by atoms with Gasteiger partial charge in [-0.3, -0.25) is 4.90 Å². The summed E-state index contributed by atoms with van der Waals surface area (Å²) in [5.74, 6) is -1.10. The smallest absolute Gasteiger partial charge is 0.319 e. The van der Waals surface area contributed by atoms with Gasteiger partial charge in [0.2, 0.25) is 0 Å². The van der Waals surface area contributed by atoms with Crippen LogP contribution in [0.1, 0.15) is 57.4 Å². The summed E-state index contributed by atoms with van der Waals surface area (Å²) in [5, 5.41) is 16.0. The topological polar surface area (TPSA) is 83.0 Å². The first-order valence-corrected chi connectivity index (χ1v) is 17.3. The Morgan fingerprint density at radius 2 is 1.77 bits per heavy atom. The first kappa shape index (κ1) is 30.7. The molecule has 0 amide bonds. The number of phenolic OH excluding ortho intramolecular Hbond substituents is 1. The molecule has 47 heavy (non-hydrogen) atoms. The lowest BCUT2D eigenvalue weighted by molar-refractivity contribution is 0.00540. The lowest BCUT2D eigenvalue weighted by Gasteiger charge is -2.36. The zero-order chi connectivity index (χ0) is 32.2. The molecule has 5 heterocycles. The Morgan fingerprint density at radius 3 is 2.49 bits per heavy atom. The maximum Gasteiger partial charge on any atom is 0.319 e. The molecule has 0 spiro atoms. The number of nitrogens with zero attached hydrogens (tertiary/aromatic N) is 4. The molecule has 4 aromatic rings. The Hall–Kier alpha value is -3.60. The van der Waals surface area contributed by atoms with Crippen LogP contribution in [0.25, 0.3) is 32.8 Å². The summed E-state index contributed by atoms with van der Waals surface area (Å²) >= 11 is 0. The van der Waals surface area contributed by atoms with Crippen molar-refractivity contribution in [1.29, 1.82) is 0 Å². The van der Waals surface area contributed by atoms with Crippen molar-refractivity contribution >= 4 is 27.5 Å². The van der Waals surface area contributed by atoms with Gasteiger partial charge in [0.25, 0.3) is 0 Å². The lowest BCUT2D eigenvalue weighted by atomic mass is 9.92. The molecule has 0 aliphatic carbocycles. The van der Waals surface area contributed by atoms with Crippen LogP contribution in [0.3, 0.4) is 0 Å². The van der Waals surface area contributed by atoms with Crippen LogP contribution in [0, 0.1) is 11.6 Å². The SMILES string of the molecule is CCc1cccc2cc(O)cc(-c3c(F)cc4c(N5CC6CCC(C5)N6)nc(OC[C@@H](CN5C6CCC[C@@H]5CC6)OC)nc4c3F)c12.